The first-order valence-electron chi connectivity index (χ1n) is 10.7. The van der Waals surface area contributed by atoms with E-state index in [9.17, 15) is 4.79 Å². The van der Waals surface area contributed by atoms with Crippen LogP contribution in [0, 0.1) is 6.92 Å². The number of esters is 1. The number of carbonyl (C=O) groups excluding carboxylic acids is 1. The number of fused-ring (bicyclic) bond motifs is 1. The number of methoxy groups -OCH3 is 1. The van der Waals surface area contributed by atoms with E-state index in [1.807, 2.05) is 73.7 Å². The van der Waals surface area contributed by atoms with Crippen molar-refractivity contribution in [1.29, 1.82) is 0 Å². The molecule has 0 radical (unpaired) electrons. The monoisotopic (exact) mass is 468 g/mol. The molecule has 5 nitrogen and oxygen atoms in total. The molecule has 0 unspecified atom stereocenters. The summed E-state index contributed by atoms with van der Waals surface area (Å²) in [5.41, 5.74) is 5.73. The van der Waals surface area contributed by atoms with Crippen LogP contribution >= 0.6 is 11.6 Å². The van der Waals surface area contributed by atoms with Gasteiger partial charge in [-0.3, -0.25) is 5.10 Å². The summed E-state index contributed by atoms with van der Waals surface area (Å²) < 4.78 is 10.8. The largest absolute Gasteiger partial charge is 0.497 e. The average Bonchev–Trinajstić information content (AvgIpc) is 3.28. The molecule has 0 saturated heterocycles. The smallest absolute Gasteiger partial charge is 0.364 e. The molecule has 168 valence electrons. The number of hydrogen-bond acceptors (Lipinski definition) is 4. The van der Waals surface area contributed by atoms with Crippen LogP contribution in [0.3, 0.4) is 0 Å². The van der Waals surface area contributed by atoms with Gasteiger partial charge in [-0.05, 0) is 60.0 Å². The Labute approximate surface area is 201 Å². The first-order chi connectivity index (χ1) is 16.5. The summed E-state index contributed by atoms with van der Waals surface area (Å²) in [5, 5.41) is 8.30. The van der Waals surface area contributed by atoms with Crippen molar-refractivity contribution < 1.29 is 14.3 Å². The number of halogens is 1. The van der Waals surface area contributed by atoms with Gasteiger partial charge >= 0.3 is 5.97 Å². The number of aromatic amines is 1. The van der Waals surface area contributed by atoms with Crippen LogP contribution in [0.2, 0.25) is 5.02 Å². The summed E-state index contributed by atoms with van der Waals surface area (Å²) in [6.07, 6.45) is 0. The van der Waals surface area contributed by atoms with Crippen molar-refractivity contribution >= 4 is 28.5 Å². The molecule has 1 heterocycles. The van der Waals surface area contributed by atoms with Gasteiger partial charge in [0.1, 0.15) is 11.5 Å². The molecule has 0 atom stereocenters. The van der Waals surface area contributed by atoms with E-state index in [-0.39, 0.29) is 5.69 Å². The van der Waals surface area contributed by atoms with E-state index in [1.165, 1.54) is 0 Å². The number of aromatic nitrogens is 2. The van der Waals surface area contributed by atoms with Crippen LogP contribution in [0.5, 0.6) is 11.5 Å². The number of carbonyl (C=O) groups is 1. The molecule has 1 aromatic heterocycles. The zero-order valence-electron chi connectivity index (χ0n) is 18.6. The molecule has 0 bridgehead atoms. The first kappa shape index (κ1) is 21.7. The number of H-pyrrole nitrogens is 1. The van der Waals surface area contributed by atoms with Crippen LogP contribution < -0.4 is 9.47 Å². The Bertz CT molecular complexity index is 1490. The zero-order valence-corrected chi connectivity index (χ0v) is 19.4. The second kappa shape index (κ2) is 9.04. The molecular weight excluding hydrogens is 448 g/mol. The topological polar surface area (TPSA) is 64.2 Å². The van der Waals surface area contributed by atoms with E-state index in [4.69, 9.17) is 21.1 Å². The van der Waals surface area contributed by atoms with E-state index in [0.717, 1.165) is 33.6 Å². The lowest BCUT2D eigenvalue weighted by Gasteiger charge is -2.12. The number of nitrogens with one attached hydrogen (secondary N) is 1. The van der Waals surface area contributed by atoms with Gasteiger partial charge in [-0.1, -0.05) is 65.7 Å². The maximum Gasteiger partial charge on any atom is 0.364 e. The molecule has 34 heavy (non-hydrogen) atoms. The van der Waals surface area contributed by atoms with Crippen LogP contribution in [-0.2, 0) is 0 Å². The lowest BCUT2D eigenvalue weighted by Crippen LogP contribution is -2.09. The molecule has 0 saturated carbocycles. The zero-order chi connectivity index (χ0) is 23.7. The third-order valence-corrected chi connectivity index (χ3v) is 6.01. The number of ether oxygens (including phenoxy) is 2. The third kappa shape index (κ3) is 4.14. The lowest BCUT2D eigenvalue weighted by molar-refractivity contribution is 0.0730. The summed E-state index contributed by atoms with van der Waals surface area (Å²) in [6.45, 7) is 1.97. The molecule has 0 spiro atoms. The quantitative estimate of drug-likeness (QED) is 0.221. The molecule has 0 aliphatic carbocycles. The minimum atomic E-state index is -0.535. The minimum absolute atomic E-state index is 0.204. The van der Waals surface area contributed by atoms with Crippen molar-refractivity contribution in [3.8, 4) is 33.8 Å². The normalized spacial score (nSPS) is 10.9. The summed E-state index contributed by atoms with van der Waals surface area (Å²) in [6, 6.07) is 26.8. The van der Waals surface area contributed by atoms with E-state index >= 15 is 0 Å². The molecule has 5 rings (SSSR count). The molecule has 5 aromatic rings. The second-order valence-electron chi connectivity index (χ2n) is 7.93. The Balaban J connectivity index is 1.57. The highest BCUT2D eigenvalue weighted by atomic mass is 35.5. The summed E-state index contributed by atoms with van der Waals surface area (Å²) >= 11 is 6.69. The molecule has 0 aliphatic rings. The maximum absolute atomic E-state index is 12.9. The SMILES string of the molecule is COc1ccc(-c2ccccc2-c2cc3c(C(=O)Oc4ccc(C)cc4)n[nH]c3cc2Cl)cc1. The number of benzene rings is 4. The van der Waals surface area contributed by atoms with Crippen molar-refractivity contribution in [2.75, 3.05) is 7.11 Å². The van der Waals surface area contributed by atoms with Gasteiger partial charge in [0.15, 0.2) is 5.69 Å². The lowest BCUT2D eigenvalue weighted by atomic mass is 9.93. The van der Waals surface area contributed by atoms with Gasteiger partial charge in [-0.15, -0.1) is 0 Å². The first-order valence-corrected chi connectivity index (χ1v) is 11.1. The fraction of sp³-hybridized carbons (Fsp3) is 0.0714. The predicted octanol–water partition coefficient (Wildman–Crippen LogP) is 7.09. The maximum atomic E-state index is 12.9. The van der Waals surface area contributed by atoms with Gasteiger partial charge in [0.2, 0.25) is 0 Å². The highest BCUT2D eigenvalue weighted by Gasteiger charge is 2.20. The average molecular weight is 469 g/mol. The fourth-order valence-electron chi connectivity index (χ4n) is 3.90. The Morgan fingerprint density at radius 1 is 0.853 bits per heavy atom. The molecule has 0 amide bonds. The van der Waals surface area contributed by atoms with Gasteiger partial charge in [0.05, 0.1) is 17.6 Å². The minimum Gasteiger partial charge on any atom is -0.497 e. The van der Waals surface area contributed by atoms with Gasteiger partial charge in [-0.2, -0.15) is 5.10 Å². The van der Waals surface area contributed by atoms with E-state index in [2.05, 4.69) is 10.2 Å². The number of aryl methyl sites for hydroxylation is 1. The standard InChI is InChI=1S/C28H21ClN2O3/c1-17-7-11-20(12-8-17)34-28(32)27-24-15-23(25(29)16-26(24)30-31-27)22-6-4-3-5-21(22)18-9-13-19(33-2)14-10-18/h3-16H,1-2H3,(H,30,31). The predicted molar refractivity (Wildman–Crippen MR) is 135 cm³/mol. The van der Waals surface area contributed by atoms with Crippen molar-refractivity contribution in [2.45, 2.75) is 6.92 Å². The van der Waals surface area contributed by atoms with Crippen LogP contribution in [0.25, 0.3) is 33.2 Å². The van der Waals surface area contributed by atoms with Crippen LogP contribution in [0.15, 0.2) is 84.9 Å². The number of nitrogens with zero attached hydrogens (tertiary/aromatic N) is 1. The van der Waals surface area contributed by atoms with E-state index in [0.29, 0.717) is 21.7 Å². The molecule has 0 aliphatic heterocycles. The summed E-state index contributed by atoms with van der Waals surface area (Å²) in [4.78, 5) is 12.9. The molecule has 1 N–H and O–H groups in total. The van der Waals surface area contributed by atoms with Gasteiger partial charge < -0.3 is 9.47 Å². The van der Waals surface area contributed by atoms with Gasteiger partial charge in [0.25, 0.3) is 0 Å². The third-order valence-electron chi connectivity index (χ3n) is 5.69. The second-order valence-corrected chi connectivity index (χ2v) is 8.33. The highest BCUT2D eigenvalue weighted by Crippen LogP contribution is 2.38. The van der Waals surface area contributed by atoms with Gasteiger partial charge in [-0.25, -0.2) is 4.79 Å². The van der Waals surface area contributed by atoms with Crippen LogP contribution in [-0.4, -0.2) is 23.3 Å². The molecule has 6 heteroatoms. The highest BCUT2D eigenvalue weighted by molar-refractivity contribution is 6.34. The molecular formula is C28H21ClN2O3. The van der Waals surface area contributed by atoms with Crippen molar-refractivity contribution in [2.24, 2.45) is 0 Å². The van der Waals surface area contributed by atoms with Crippen LogP contribution in [0.1, 0.15) is 16.1 Å². The fourth-order valence-corrected chi connectivity index (χ4v) is 4.17. The number of hydrogen-bond donors (Lipinski definition) is 1. The Morgan fingerprint density at radius 3 is 2.24 bits per heavy atom. The van der Waals surface area contributed by atoms with Crippen molar-refractivity contribution in [3.05, 3.63) is 101 Å². The Morgan fingerprint density at radius 2 is 1.53 bits per heavy atom. The van der Waals surface area contributed by atoms with Crippen molar-refractivity contribution in [3.63, 3.8) is 0 Å². The summed E-state index contributed by atoms with van der Waals surface area (Å²) in [7, 11) is 1.64. The van der Waals surface area contributed by atoms with Gasteiger partial charge in [0, 0.05) is 10.9 Å². The van der Waals surface area contributed by atoms with E-state index in [1.54, 1.807) is 25.3 Å². The Hall–Kier alpha value is -4.09. The summed E-state index contributed by atoms with van der Waals surface area (Å²) in [5.74, 6) is 0.716. The molecule has 0 fully saturated rings. The van der Waals surface area contributed by atoms with E-state index < -0.39 is 5.97 Å². The van der Waals surface area contributed by atoms with Crippen LogP contribution in [0.4, 0.5) is 0 Å². The molecule has 4 aromatic carbocycles. The number of rotatable bonds is 5. The van der Waals surface area contributed by atoms with Crippen molar-refractivity contribution in [1.82, 2.24) is 10.2 Å². The Kier molecular flexibility index (Phi) is 5.78.